The van der Waals surface area contributed by atoms with E-state index >= 15 is 0 Å². The summed E-state index contributed by atoms with van der Waals surface area (Å²) in [6, 6.07) is 6.67. The van der Waals surface area contributed by atoms with E-state index in [0.29, 0.717) is 0 Å². The van der Waals surface area contributed by atoms with Crippen LogP contribution in [0.15, 0.2) is 24.3 Å². The molecule has 6 nitrogen and oxygen atoms in total. The van der Waals surface area contributed by atoms with Crippen LogP contribution < -0.4 is 4.90 Å². The first-order valence-electron chi connectivity index (χ1n) is 8.10. The number of carbonyl (C=O) groups is 1. The van der Waals surface area contributed by atoms with Gasteiger partial charge in [-0.15, -0.1) is 11.8 Å². The number of nitrogens with one attached hydrogen (secondary N) is 1. The van der Waals surface area contributed by atoms with Crippen molar-refractivity contribution >= 4 is 23.4 Å². The molecule has 2 saturated heterocycles. The van der Waals surface area contributed by atoms with Crippen LogP contribution in [0.25, 0.3) is 0 Å². The third kappa shape index (κ3) is 3.50. The average Bonchev–Trinajstić information content (AvgIpc) is 3.15. The molecule has 3 rings (SSSR count). The maximum absolute atomic E-state index is 12.5. The van der Waals surface area contributed by atoms with Crippen molar-refractivity contribution in [3.63, 3.8) is 0 Å². The average molecular weight is 336 g/mol. The van der Waals surface area contributed by atoms with E-state index in [1.54, 1.807) is 28.8 Å². The van der Waals surface area contributed by atoms with Gasteiger partial charge in [-0.3, -0.25) is 14.9 Å². The minimum absolute atomic E-state index is 0.0835. The number of nitro groups is 1. The van der Waals surface area contributed by atoms with Crippen LogP contribution >= 0.6 is 11.8 Å². The molecular weight excluding hydrogens is 314 g/mol. The van der Waals surface area contributed by atoms with Crippen LogP contribution in [-0.2, 0) is 4.79 Å². The van der Waals surface area contributed by atoms with Crippen molar-refractivity contribution in [2.24, 2.45) is 0 Å². The molecule has 0 aromatic heterocycles. The Morgan fingerprint density at radius 1 is 1.39 bits per heavy atom. The molecule has 7 heteroatoms. The highest BCUT2D eigenvalue weighted by Crippen LogP contribution is 2.43. The van der Waals surface area contributed by atoms with Gasteiger partial charge in [0, 0.05) is 25.0 Å². The summed E-state index contributed by atoms with van der Waals surface area (Å²) in [6.07, 6.45) is 2.53. The lowest BCUT2D eigenvalue weighted by Gasteiger charge is -2.25. The van der Waals surface area contributed by atoms with E-state index in [0.717, 1.165) is 18.7 Å². The highest BCUT2D eigenvalue weighted by atomic mass is 32.2. The molecule has 0 saturated carbocycles. The Morgan fingerprint density at radius 2 is 2.13 bits per heavy atom. The number of thioether (sulfide) groups is 1. The number of quaternary nitrogens is 1. The molecule has 2 fully saturated rings. The van der Waals surface area contributed by atoms with Crippen molar-refractivity contribution in [1.29, 1.82) is 0 Å². The van der Waals surface area contributed by atoms with E-state index in [9.17, 15) is 14.9 Å². The van der Waals surface area contributed by atoms with Gasteiger partial charge in [0.25, 0.3) is 5.69 Å². The number of carbonyl (C=O) groups excluding carboxylic acids is 1. The first-order valence-corrected chi connectivity index (χ1v) is 9.04. The Balaban J connectivity index is 1.76. The third-order valence-corrected chi connectivity index (χ3v) is 6.02. The molecule has 0 spiro atoms. The van der Waals surface area contributed by atoms with Crippen molar-refractivity contribution in [2.45, 2.75) is 30.4 Å². The van der Waals surface area contributed by atoms with E-state index in [2.05, 4.69) is 0 Å². The second-order valence-electron chi connectivity index (χ2n) is 6.22. The van der Waals surface area contributed by atoms with Crippen LogP contribution in [0.3, 0.4) is 0 Å². The van der Waals surface area contributed by atoms with Crippen molar-refractivity contribution in [3.05, 3.63) is 39.9 Å². The molecule has 0 bridgehead atoms. The summed E-state index contributed by atoms with van der Waals surface area (Å²) >= 11 is 1.58. The molecule has 0 unspecified atom stereocenters. The number of likely N-dealkylation sites (tertiary alicyclic amines) is 1. The van der Waals surface area contributed by atoms with Crippen molar-refractivity contribution in [3.8, 4) is 0 Å². The Kier molecular flexibility index (Phi) is 4.87. The molecule has 124 valence electrons. The molecule has 0 aliphatic carbocycles. The summed E-state index contributed by atoms with van der Waals surface area (Å²) in [5.41, 5.74) is 0.929. The van der Waals surface area contributed by atoms with Gasteiger partial charge < -0.3 is 9.80 Å². The lowest BCUT2D eigenvalue weighted by molar-refractivity contribution is -0.886. The Morgan fingerprint density at radius 3 is 2.83 bits per heavy atom. The smallest absolute Gasteiger partial charge is 0.269 e. The molecule has 1 aromatic rings. The summed E-state index contributed by atoms with van der Waals surface area (Å²) < 4.78 is 0. The molecule has 2 atom stereocenters. The fourth-order valence-electron chi connectivity index (χ4n) is 3.36. The van der Waals surface area contributed by atoms with Gasteiger partial charge in [-0.25, -0.2) is 0 Å². The first kappa shape index (κ1) is 16.3. The van der Waals surface area contributed by atoms with Gasteiger partial charge in [-0.05, 0) is 12.5 Å². The molecule has 1 aromatic carbocycles. The van der Waals surface area contributed by atoms with Crippen LogP contribution in [0.4, 0.5) is 5.69 Å². The number of hydrogen-bond donors (Lipinski definition) is 1. The minimum atomic E-state index is -0.382. The number of nitrogens with zero attached hydrogens (tertiary/aromatic N) is 2. The molecule has 1 amide bonds. The zero-order chi connectivity index (χ0) is 16.4. The molecule has 23 heavy (non-hydrogen) atoms. The maximum Gasteiger partial charge on any atom is 0.269 e. The molecule has 2 aliphatic rings. The van der Waals surface area contributed by atoms with Gasteiger partial charge in [0.05, 0.1) is 36.4 Å². The summed E-state index contributed by atoms with van der Waals surface area (Å²) in [7, 11) is 0. The number of hydrogen-bond acceptors (Lipinski definition) is 4. The summed E-state index contributed by atoms with van der Waals surface area (Å²) in [6.45, 7) is 5.97. The van der Waals surface area contributed by atoms with Gasteiger partial charge >= 0.3 is 0 Å². The Bertz CT molecular complexity index is 604. The van der Waals surface area contributed by atoms with E-state index in [1.165, 1.54) is 32.0 Å². The van der Waals surface area contributed by atoms with Crippen molar-refractivity contribution in [1.82, 2.24) is 4.90 Å². The maximum atomic E-state index is 12.5. The largest absolute Gasteiger partial charge is 0.333 e. The fourth-order valence-corrected chi connectivity index (χ4v) is 4.65. The predicted molar refractivity (Wildman–Crippen MR) is 89.4 cm³/mol. The molecular formula is C16H22N3O3S+. The van der Waals surface area contributed by atoms with Crippen molar-refractivity contribution in [2.75, 3.05) is 26.2 Å². The van der Waals surface area contributed by atoms with Gasteiger partial charge in [0.2, 0.25) is 5.91 Å². The number of rotatable bonds is 5. The molecule has 2 heterocycles. The topological polar surface area (TPSA) is 67.9 Å². The lowest BCUT2D eigenvalue weighted by atomic mass is 10.2. The Labute approximate surface area is 140 Å². The van der Waals surface area contributed by atoms with E-state index < -0.39 is 0 Å². The van der Waals surface area contributed by atoms with E-state index in [1.807, 2.05) is 17.9 Å². The van der Waals surface area contributed by atoms with Crippen LogP contribution in [0.2, 0.25) is 0 Å². The SMILES string of the molecule is C[C@@H]1S[C@@H](c2cccc([N+](=O)[O-])c2)N(CC[NH+]2CCCC2)C1=O. The van der Waals surface area contributed by atoms with Gasteiger partial charge in [-0.2, -0.15) is 0 Å². The summed E-state index contributed by atoms with van der Waals surface area (Å²) in [5, 5.41) is 10.8. The van der Waals surface area contributed by atoms with Crippen LogP contribution in [0, 0.1) is 10.1 Å². The standard InChI is InChI=1S/C16H21N3O3S/c1-12-15(20)18(10-9-17-7-2-3-8-17)16(23-12)13-5-4-6-14(11-13)19(21)22/h4-6,11-12,16H,2-3,7-10H2,1H3/p+1/t12-,16-/m0/s1. The highest BCUT2D eigenvalue weighted by Gasteiger charge is 2.39. The number of non-ortho nitro benzene ring substituents is 1. The van der Waals surface area contributed by atoms with E-state index in [-0.39, 0.29) is 27.1 Å². The van der Waals surface area contributed by atoms with Gasteiger partial charge in [0.1, 0.15) is 5.37 Å². The second-order valence-corrected chi connectivity index (χ2v) is 7.65. The molecule has 1 N–H and O–H groups in total. The Hall–Kier alpha value is -1.60. The highest BCUT2D eigenvalue weighted by molar-refractivity contribution is 8.01. The zero-order valence-electron chi connectivity index (χ0n) is 13.2. The normalized spacial score (nSPS) is 25.3. The summed E-state index contributed by atoms with van der Waals surface area (Å²) in [4.78, 5) is 26.5. The third-order valence-electron chi connectivity index (χ3n) is 4.63. The monoisotopic (exact) mass is 336 g/mol. The van der Waals surface area contributed by atoms with Crippen LogP contribution in [0.5, 0.6) is 0 Å². The predicted octanol–water partition coefficient (Wildman–Crippen LogP) is 1.24. The second kappa shape index (κ2) is 6.88. The number of nitro benzene ring substituents is 1. The summed E-state index contributed by atoms with van der Waals surface area (Å²) in [5.74, 6) is 0.144. The number of benzene rings is 1. The fraction of sp³-hybridized carbons (Fsp3) is 0.562. The lowest BCUT2D eigenvalue weighted by Crippen LogP contribution is -3.10. The quantitative estimate of drug-likeness (QED) is 0.649. The first-order chi connectivity index (χ1) is 11.1. The molecule has 2 aliphatic heterocycles. The number of amides is 1. The minimum Gasteiger partial charge on any atom is -0.333 e. The van der Waals surface area contributed by atoms with Crippen molar-refractivity contribution < 1.29 is 14.6 Å². The zero-order valence-corrected chi connectivity index (χ0v) is 14.1. The molecule has 0 radical (unpaired) electrons. The van der Waals surface area contributed by atoms with Gasteiger partial charge in [-0.1, -0.05) is 12.1 Å². The van der Waals surface area contributed by atoms with Gasteiger partial charge in [0.15, 0.2) is 0 Å². The van der Waals surface area contributed by atoms with Crippen LogP contribution in [0.1, 0.15) is 30.7 Å². The van der Waals surface area contributed by atoms with E-state index in [4.69, 9.17) is 0 Å². The van der Waals surface area contributed by atoms with Crippen LogP contribution in [-0.4, -0.2) is 47.2 Å².